The largest absolute Gasteiger partial charge is 0.492 e. The molecule has 7 nitrogen and oxygen atoms in total. The number of hydrogen-bond donors (Lipinski definition) is 4. The molecule has 0 atom stereocenters. The van der Waals surface area contributed by atoms with Crippen molar-refractivity contribution in [2.24, 2.45) is 5.73 Å². The number of carbonyl (C=O) groups excluding carboxylic acids is 2. The van der Waals surface area contributed by atoms with Gasteiger partial charge in [0.25, 0.3) is 0 Å². The van der Waals surface area contributed by atoms with Gasteiger partial charge in [-0.1, -0.05) is 19.9 Å². The number of carbonyl (C=O) groups is 2. The molecule has 28 heavy (non-hydrogen) atoms. The number of nitrogens with two attached hydrogens (primary N) is 2. The number of ether oxygens (including phenoxy) is 1. The van der Waals surface area contributed by atoms with Gasteiger partial charge >= 0.3 is 6.03 Å². The number of urea groups is 1. The van der Waals surface area contributed by atoms with Crippen molar-refractivity contribution in [1.82, 2.24) is 10.3 Å². The number of fused-ring (bicyclic) bond motifs is 4. The van der Waals surface area contributed by atoms with Crippen LogP contribution < -0.4 is 21.5 Å². The predicted octanol–water partition coefficient (Wildman–Crippen LogP) is 2.67. The Kier molecular flexibility index (Phi) is 4.03. The number of rotatable bonds is 4. The first-order chi connectivity index (χ1) is 13.3. The maximum absolute atomic E-state index is 13.2. The van der Waals surface area contributed by atoms with E-state index in [2.05, 4.69) is 24.1 Å². The highest BCUT2D eigenvalue weighted by Gasteiger charge is 2.39. The lowest BCUT2D eigenvalue weighted by molar-refractivity contribution is 0.103. The van der Waals surface area contributed by atoms with E-state index in [-0.39, 0.29) is 12.4 Å². The van der Waals surface area contributed by atoms with Gasteiger partial charge in [-0.15, -0.1) is 0 Å². The van der Waals surface area contributed by atoms with Gasteiger partial charge in [0.2, 0.25) is 0 Å². The highest BCUT2D eigenvalue weighted by Crippen LogP contribution is 2.44. The van der Waals surface area contributed by atoms with Crippen molar-refractivity contribution in [3.63, 3.8) is 0 Å². The van der Waals surface area contributed by atoms with Crippen LogP contribution >= 0.6 is 0 Å². The summed E-state index contributed by atoms with van der Waals surface area (Å²) >= 11 is 0. The van der Waals surface area contributed by atoms with Crippen LogP contribution in [0.4, 0.5) is 10.5 Å². The summed E-state index contributed by atoms with van der Waals surface area (Å²) in [5.74, 6) is 0.622. The SMILES string of the molecule is CC1(C)c2cc(OCCNC(N)=O)ccc2C(=O)c2c1[nH]c1cc(N)ccc21. The zero-order valence-corrected chi connectivity index (χ0v) is 15.8. The molecule has 7 heteroatoms. The quantitative estimate of drug-likeness (QED) is 0.412. The normalized spacial score (nSPS) is 14.4. The van der Waals surface area contributed by atoms with E-state index in [1.807, 2.05) is 24.3 Å². The predicted molar refractivity (Wildman–Crippen MR) is 108 cm³/mol. The van der Waals surface area contributed by atoms with Crippen molar-refractivity contribution in [2.45, 2.75) is 19.3 Å². The number of amides is 2. The lowest BCUT2D eigenvalue weighted by Crippen LogP contribution is -2.33. The summed E-state index contributed by atoms with van der Waals surface area (Å²) in [5.41, 5.74) is 15.2. The standard InChI is InChI=1S/C21H22N4O3/c1-21(2)15-10-12(28-8-7-24-20(23)27)4-6-13(15)18(26)17-14-5-3-11(22)9-16(14)25-19(17)21/h3-6,9-10,25H,7-8,22H2,1-2H3,(H3,23,24,27). The molecule has 0 spiro atoms. The summed E-state index contributed by atoms with van der Waals surface area (Å²) in [6.07, 6.45) is 0. The number of nitrogen functional groups attached to an aromatic ring is 1. The summed E-state index contributed by atoms with van der Waals surface area (Å²) < 4.78 is 5.71. The second-order valence-electron chi connectivity index (χ2n) is 7.48. The Morgan fingerprint density at radius 2 is 2.00 bits per heavy atom. The Labute approximate surface area is 162 Å². The topological polar surface area (TPSA) is 123 Å². The Morgan fingerprint density at radius 1 is 1.21 bits per heavy atom. The number of ketones is 1. The van der Waals surface area contributed by atoms with Gasteiger partial charge in [-0.25, -0.2) is 4.79 Å². The molecule has 1 aromatic heterocycles. The Balaban J connectivity index is 1.73. The molecule has 4 rings (SSSR count). The molecule has 6 N–H and O–H groups in total. The van der Waals surface area contributed by atoms with Gasteiger partial charge in [0.05, 0.1) is 12.1 Å². The van der Waals surface area contributed by atoms with Crippen molar-refractivity contribution < 1.29 is 14.3 Å². The van der Waals surface area contributed by atoms with Crippen LogP contribution in [0.2, 0.25) is 0 Å². The maximum Gasteiger partial charge on any atom is 0.312 e. The lowest BCUT2D eigenvalue weighted by atomic mass is 9.71. The van der Waals surface area contributed by atoms with Crippen LogP contribution in [-0.4, -0.2) is 29.9 Å². The Morgan fingerprint density at radius 3 is 2.75 bits per heavy atom. The molecule has 0 radical (unpaired) electrons. The molecule has 0 saturated heterocycles. The van der Waals surface area contributed by atoms with Crippen LogP contribution in [0.25, 0.3) is 10.9 Å². The first-order valence-corrected chi connectivity index (χ1v) is 9.06. The van der Waals surface area contributed by atoms with Gasteiger partial charge in [0.15, 0.2) is 5.78 Å². The third kappa shape index (κ3) is 2.76. The summed E-state index contributed by atoms with van der Waals surface area (Å²) in [4.78, 5) is 27.4. The number of benzene rings is 2. The number of hydrogen-bond acceptors (Lipinski definition) is 4. The van der Waals surface area contributed by atoms with Gasteiger partial charge in [-0.05, 0) is 35.9 Å². The number of H-pyrrole nitrogens is 1. The van der Waals surface area contributed by atoms with Crippen molar-refractivity contribution in [1.29, 1.82) is 0 Å². The van der Waals surface area contributed by atoms with Crippen molar-refractivity contribution >= 4 is 28.4 Å². The second kappa shape index (κ2) is 6.30. The maximum atomic E-state index is 13.2. The fourth-order valence-electron chi connectivity index (χ4n) is 3.86. The van der Waals surface area contributed by atoms with Crippen LogP contribution in [0.1, 0.15) is 41.0 Å². The number of aromatic nitrogens is 1. The van der Waals surface area contributed by atoms with Gasteiger partial charge in [0, 0.05) is 33.3 Å². The summed E-state index contributed by atoms with van der Waals surface area (Å²) in [6.45, 7) is 4.75. The third-order valence-corrected chi connectivity index (χ3v) is 5.25. The average molecular weight is 378 g/mol. The number of nitrogens with one attached hydrogen (secondary N) is 2. The van der Waals surface area contributed by atoms with E-state index in [0.29, 0.717) is 29.1 Å². The minimum atomic E-state index is -0.590. The minimum absolute atomic E-state index is 0.0118. The van der Waals surface area contributed by atoms with Gasteiger partial charge in [0.1, 0.15) is 12.4 Å². The third-order valence-electron chi connectivity index (χ3n) is 5.25. The first-order valence-electron chi connectivity index (χ1n) is 9.06. The second-order valence-corrected chi connectivity index (χ2v) is 7.48. The number of primary amides is 1. The molecule has 0 unspecified atom stereocenters. The van der Waals surface area contributed by atoms with E-state index in [4.69, 9.17) is 16.2 Å². The average Bonchev–Trinajstić information content (AvgIpc) is 3.03. The molecule has 0 fully saturated rings. The molecule has 1 aliphatic carbocycles. The van der Waals surface area contributed by atoms with Crippen LogP contribution in [0.3, 0.4) is 0 Å². The van der Waals surface area contributed by atoms with E-state index < -0.39 is 11.4 Å². The smallest absolute Gasteiger partial charge is 0.312 e. The highest BCUT2D eigenvalue weighted by atomic mass is 16.5. The molecule has 3 aromatic rings. The van der Waals surface area contributed by atoms with Crippen LogP contribution in [-0.2, 0) is 5.41 Å². The molecule has 0 saturated carbocycles. The van der Waals surface area contributed by atoms with Gasteiger partial charge in [-0.2, -0.15) is 0 Å². The summed E-state index contributed by atoms with van der Waals surface area (Å²) in [7, 11) is 0. The molecule has 2 aromatic carbocycles. The fourth-order valence-corrected chi connectivity index (χ4v) is 3.86. The molecule has 0 aliphatic heterocycles. The van der Waals surface area contributed by atoms with Gasteiger partial charge in [-0.3, -0.25) is 4.79 Å². The zero-order chi connectivity index (χ0) is 20.1. The summed E-state index contributed by atoms with van der Waals surface area (Å²) in [5, 5.41) is 3.36. The Hall–Kier alpha value is -3.48. The van der Waals surface area contributed by atoms with Crippen molar-refractivity contribution in [3.8, 4) is 5.75 Å². The highest BCUT2D eigenvalue weighted by molar-refractivity contribution is 6.20. The molecule has 1 heterocycles. The molecule has 1 aliphatic rings. The fraction of sp³-hybridized carbons (Fsp3) is 0.238. The van der Waals surface area contributed by atoms with Crippen molar-refractivity contribution in [2.75, 3.05) is 18.9 Å². The summed E-state index contributed by atoms with van der Waals surface area (Å²) in [6, 6.07) is 10.4. The minimum Gasteiger partial charge on any atom is -0.492 e. The van der Waals surface area contributed by atoms with Crippen LogP contribution in [0, 0.1) is 0 Å². The zero-order valence-electron chi connectivity index (χ0n) is 15.8. The van der Waals surface area contributed by atoms with E-state index in [1.54, 1.807) is 12.1 Å². The van der Waals surface area contributed by atoms with E-state index >= 15 is 0 Å². The lowest BCUT2D eigenvalue weighted by Gasteiger charge is -2.32. The van der Waals surface area contributed by atoms with Crippen LogP contribution in [0.5, 0.6) is 5.75 Å². The van der Waals surface area contributed by atoms with Crippen LogP contribution in [0.15, 0.2) is 36.4 Å². The molecular weight excluding hydrogens is 356 g/mol. The number of aromatic amines is 1. The molecule has 2 amide bonds. The first kappa shape index (κ1) is 17.9. The molecule has 0 bridgehead atoms. The van der Waals surface area contributed by atoms with Crippen molar-refractivity contribution in [3.05, 3.63) is 58.8 Å². The monoisotopic (exact) mass is 378 g/mol. The molecule has 144 valence electrons. The molecular formula is C21H22N4O3. The Bertz CT molecular complexity index is 1110. The van der Waals surface area contributed by atoms with Gasteiger partial charge < -0.3 is 26.5 Å². The van der Waals surface area contributed by atoms with E-state index in [1.165, 1.54) is 0 Å². The number of anilines is 1. The van der Waals surface area contributed by atoms with E-state index in [9.17, 15) is 9.59 Å². The van der Waals surface area contributed by atoms with E-state index in [0.717, 1.165) is 22.2 Å².